The van der Waals surface area contributed by atoms with Crippen molar-refractivity contribution in [1.29, 1.82) is 0 Å². The molecule has 2 aromatic rings. The molecule has 0 radical (unpaired) electrons. The van der Waals surface area contributed by atoms with Crippen LogP contribution in [0.15, 0.2) is 24.5 Å². The summed E-state index contributed by atoms with van der Waals surface area (Å²) in [5.41, 5.74) is 1.03. The fraction of sp³-hybridized carbons (Fsp3) is 0.357. The van der Waals surface area contributed by atoms with Crippen molar-refractivity contribution in [3.05, 3.63) is 41.5 Å². The van der Waals surface area contributed by atoms with E-state index < -0.39 is 5.97 Å². The molecule has 0 saturated heterocycles. The highest BCUT2D eigenvalue weighted by molar-refractivity contribution is 5.91. The van der Waals surface area contributed by atoms with Gasteiger partial charge >= 0.3 is 5.97 Å². The van der Waals surface area contributed by atoms with Crippen LogP contribution in [0.5, 0.6) is 5.75 Å². The Labute approximate surface area is 117 Å². The molecule has 106 valence electrons. The predicted molar refractivity (Wildman–Crippen MR) is 72.9 cm³/mol. The van der Waals surface area contributed by atoms with Crippen LogP contribution in [0.4, 0.5) is 0 Å². The lowest BCUT2D eigenvalue weighted by Crippen LogP contribution is -2.12. The van der Waals surface area contributed by atoms with Gasteiger partial charge in [0.05, 0.1) is 0 Å². The van der Waals surface area contributed by atoms with Crippen LogP contribution in [0, 0.1) is 6.92 Å². The van der Waals surface area contributed by atoms with Gasteiger partial charge in [-0.25, -0.2) is 14.5 Å². The quantitative estimate of drug-likeness (QED) is 0.906. The maximum absolute atomic E-state index is 11.2. The van der Waals surface area contributed by atoms with Gasteiger partial charge in [-0.05, 0) is 32.9 Å². The molecule has 1 aromatic carbocycles. The molecule has 0 saturated carbocycles. The molecular weight excluding hydrogens is 258 g/mol. The zero-order chi connectivity index (χ0) is 14.7. The van der Waals surface area contributed by atoms with E-state index in [1.807, 2.05) is 26.8 Å². The largest absolute Gasteiger partial charge is 0.485 e. The van der Waals surface area contributed by atoms with Gasteiger partial charge in [-0.3, -0.25) is 0 Å². The van der Waals surface area contributed by atoms with Crippen molar-refractivity contribution in [2.75, 3.05) is 0 Å². The van der Waals surface area contributed by atoms with Crippen LogP contribution in [0.1, 0.15) is 41.6 Å². The van der Waals surface area contributed by atoms with Gasteiger partial charge in [0.15, 0.2) is 5.82 Å². The Kier molecular flexibility index (Phi) is 4.02. The monoisotopic (exact) mass is 275 g/mol. The van der Waals surface area contributed by atoms with E-state index in [2.05, 4.69) is 10.1 Å². The minimum absolute atomic E-state index is 0.153. The van der Waals surface area contributed by atoms with Crippen LogP contribution in [0.2, 0.25) is 0 Å². The SMILES string of the molecule is Cc1ccc(OCc2ncnn2C(C)C)c(C(=O)O)c1. The number of carboxylic acids is 1. The summed E-state index contributed by atoms with van der Waals surface area (Å²) in [5, 5.41) is 13.3. The summed E-state index contributed by atoms with van der Waals surface area (Å²) in [6.07, 6.45) is 1.46. The Morgan fingerprint density at radius 2 is 2.20 bits per heavy atom. The van der Waals surface area contributed by atoms with Gasteiger partial charge in [-0.15, -0.1) is 0 Å². The molecule has 1 N–H and O–H groups in total. The Morgan fingerprint density at radius 1 is 1.45 bits per heavy atom. The molecule has 2 rings (SSSR count). The second kappa shape index (κ2) is 5.73. The molecule has 6 heteroatoms. The number of hydrogen-bond donors (Lipinski definition) is 1. The zero-order valence-corrected chi connectivity index (χ0v) is 11.7. The van der Waals surface area contributed by atoms with Crippen molar-refractivity contribution in [2.24, 2.45) is 0 Å². The standard InChI is InChI=1S/C14H17N3O3/c1-9(2)17-13(15-8-16-17)7-20-12-5-4-10(3)6-11(12)14(18)19/h4-6,8-9H,7H2,1-3H3,(H,18,19). The molecule has 0 amide bonds. The number of nitrogens with zero attached hydrogens (tertiary/aromatic N) is 3. The van der Waals surface area contributed by atoms with E-state index in [-0.39, 0.29) is 18.2 Å². The summed E-state index contributed by atoms with van der Waals surface area (Å²) in [5.74, 6) is -0.00709. The van der Waals surface area contributed by atoms with E-state index in [4.69, 9.17) is 4.74 Å². The first-order valence-corrected chi connectivity index (χ1v) is 6.34. The molecule has 0 unspecified atom stereocenters. The van der Waals surface area contributed by atoms with Crippen LogP contribution in [-0.4, -0.2) is 25.8 Å². The fourth-order valence-corrected chi connectivity index (χ4v) is 1.89. The van der Waals surface area contributed by atoms with Crippen molar-refractivity contribution < 1.29 is 14.6 Å². The van der Waals surface area contributed by atoms with Gasteiger partial charge in [0, 0.05) is 6.04 Å². The fourth-order valence-electron chi connectivity index (χ4n) is 1.89. The number of carbonyl (C=O) groups is 1. The number of carboxylic acid groups (broad SMARTS) is 1. The average Bonchev–Trinajstić information content (AvgIpc) is 2.85. The first-order chi connectivity index (χ1) is 9.49. The van der Waals surface area contributed by atoms with Crippen molar-refractivity contribution in [1.82, 2.24) is 14.8 Å². The predicted octanol–water partition coefficient (Wildman–Crippen LogP) is 2.44. The lowest BCUT2D eigenvalue weighted by atomic mass is 10.1. The Hall–Kier alpha value is -2.37. The molecule has 0 atom stereocenters. The second-order valence-corrected chi connectivity index (χ2v) is 4.81. The van der Waals surface area contributed by atoms with Crippen LogP contribution in [0.3, 0.4) is 0 Å². The van der Waals surface area contributed by atoms with Gasteiger partial charge in [-0.1, -0.05) is 11.6 Å². The number of aromatic carboxylic acids is 1. The van der Waals surface area contributed by atoms with Crippen LogP contribution in [0.25, 0.3) is 0 Å². The minimum atomic E-state index is -1.01. The number of aromatic nitrogens is 3. The number of rotatable bonds is 5. The molecule has 0 aliphatic rings. The first kappa shape index (κ1) is 14.0. The Morgan fingerprint density at radius 3 is 2.85 bits per heavy atom. The van der Waals surface area contributed by atoms with Crippen LogP contribution in [-0.2, 0) is 6.61 Å². The van der Waals surface area contributed by atoms with Crippen molar-refractivity contribution in [3.8, 4) is 5.75 Å². The number of benzene rings is 1. The maximum atomic E-state index is 11.2. The summed E-state index contributed by atoms with van der Waals surface area (Å²) in [4.78, 5) is 15.3. The molecule has 6 nitrogen and oxygen atoms in total. The molecule has 0 aliphatic carbocycles. The highest BCUT2D eigenvalue weighted by Crippen LogP contribution is 2.21. The van der Waals surface area contributed by atoms with Gasteiger partial charge in [-0.2, -0.15) is 5.10 Å². The summed E-state index contributed by atoms with van der Waals surface area (Å²) in [7, 11) is 0. The van der Waals surface area contributed by atoms with Crippen molar-refractivity contribution >= 4 is 5.97 Å². The highest BCUT2D eigenvalue weighted by atomic mass is 16.5. The van der Waals surface area contributed by atoms with Crippen molar-refractivity contribution in [3.63, 3.8) is 0 Å². The second-order valence-electron chi connectivity index (χ2n) is 4.81. The van der Waals surface area contributed by atoms with E-state index in [1.165, 1.54) is 6.33 Å². The number of ether oxygens (including phenoxy) is 1. The van der Waals surface area contributed by atoms with Crippen LogP contribution < -0.4 is 4.74 Å². The van der Waals surface area contributed by atoms with Gasteiger partial charge in [0.1, 0.15) is 24.2 Å². The molecule has 1 heterocycles. The van der Waals surface area contributed by atoms with Gasteiger partial charge in [0.2, 0.25) is 0 Å². The third-order valence-electron chi connectivity index (χ3n) is 2.86. The van der Waals surface area contributed by atoms with E-state index in [0.29, 0.717) is 11.6 Å². The highest BCUT2D eigenvalue weighted by Gasteiger charge is 2.13. The Balaban J connectivity index is 2.19. The molecule has 0 fully saturated rings. The topological polar surface area (TPSA) is 77.2 Å². The van der Waals surface area contributed by atoms with Gasteiger partial charge < -0.3 is 9.84 Å². The summed E-state index contributed by atoms with van der Waals surface area (Å²) in [6.45, 7) is 6.01. The molecule has 0 aliphatic heterocycles. The third-order valence-corrected chi connectivity index (χ3v) is 2.86. The normalized spacial score (nSPS) is 10.8. The number of hydrogen-bond acceptors (Lipinski definition) is 4. The third kappa shape index (κ3) is 2.96. The molecule has 0 spiro atoms. The van der Waals surface area contributed by atoms with E-state index in [9.17, 15) is 9.90 Å². The summed E-state index contributed by atoms with van der Waals surface area (Å²) < 4.78 is 7.33. The lowest BCUT2D eigenvalue weighted by Gasteiger charge is -2.12. The summed E-state index contributed by atoms with van der Waals surface area (Å²) >= 11 is 0. The van der Waals surface area contributed by atoms with Crippen molar-refractivity contribution in [2.45, 2.75) is 33.4 Å². The molecule has 0 bridgehead atoms. The average molecular weight is 275 g/mol. The smallest absolute Gasteiger partial charge is 0.339 e. The maximum Gasteiger partial charge on any atom is 0.339 e. The molecule has 20 heavy (non-hydrogen) atoms. The first-order valence-electron chi connectivity index (χ1n) is 6.34. The van der Waals surface area contributed by atoms with E-state index in [0.717, 1.165) is 5.56 Å². The molecule has 1 aromatic heterocycles. The van der Waals surface area contributed by atoms with E-state index in [1.54, 1.807) is 16.8 Å². The summed E-state index contributed by atoms with van der Waals surface area (Å²) in [6, 6.07) is 5.24. The lowest BCUT2D eigenvalue weighted by molar-refractivity contribution is 0.0691. The molecular formula is C14H17N3O3. The minimum Gasteiger partial charge on any atom is -0.485 e. The van der Waals surface area contributed by atoms with Crippen LogP contribution >= 0.6 is 0 Å². The van der Waals surface area contributed by atoms with Gasteiger partial charge in [0.25, 0.3) is 0 Å². The Bertz CT molecular complexity index is 620. The number of aryl methyl sites for hydroxylation is 1. The van der Waals surface area contributed by atoms with E-state index >= 15 is 0 Å². The zero-order valence-electron chi connectivity index (χ0n) is 11.7.